The van der Waals surface area contributed by atoms with E-state index in [-0.39, 0.29) is 0 Å². The van der Waals surface area contributed by atoms with Gasteiger partial charge in [0.2, 0.25) is 0 Å². The maximum Gasteiger partial charge on any atom is 0.0456 e. The van der Waals surface area contributed by atoms with Crippen molar-refractivity contribution in [2.75, 3.05) is 13.2 Å². The van der Waals surface area contributed by atoms with Gasteiger partial charge in [0.05, 0.1) is 0 Å². The second-order valence-electron chi connectivity index (χ2n) is 2.67. The third kappa shape index (κ3) is 6.05. The summed E-state index contributed by atoms with van der Waals surface area (Å²) in [5.74, 6) is 0. The van der Waals surface area contributed by atoms with Gasteiger partial charge >= 0.3 is 0 Å². The monoisotopic (exact) mass is 144 g/mol. The molecule has 2 heteroatoms. The normalized spacial score (nSPS) is 13.5. The molecular formula is C8H20N2. The Labute approximate surface area is 64.4 Å². The highest BCUT2D eigenvalue weighted by atomic mass is 15.1. The Bertz CT molecular complexity index is 64.3. The molecule has 0 aromatic carbocycles. The van der Waals surface area contributed by atoms with Gasteiger partial charge < -0.3 is 10.6 Å². The second kappa shape index (κ2) is 7.03. The molecule has 2 nitrogen and oxygen atoms in total. The van der Waals surface area contributed by atoms with Crippen molar-refractivity contribution in [3.63, 3.8) is 0 Å². The lowest BCUT2D eigenvalue weighted by Crippen LogP contribution is -2.35. The zero-order valence-corrected chi connectivity index (χ0v) is 7.41. The molecule has 0 aliphatic rings. The van der Waals surface area contributed by atoms with E-state index in [1.807, 2.05) is 0 Å². The molecule has 0 saturated carbocycles. The Morgan fingerprint density at radius 3 is 2.50 bits per heavy atom. The minimum atomic E-state index is 0.657. The van der Waals surface area contributed by atoms with E-state index in [0.717, 1.165) is 13.2 Å². The van der Waals surface area contributed by atoms with Crippen LogP contribution in [0.25, 0.3) is 0 Å². The van der Waals surface area contributed by atoms with E-state index in [2.05, 4.69) is 31.4 Å². The van der Waals surface area contributed by atoms with Crippen LogP contribution in [0.2, 0.25) is 0 Å². The van der Waals surface area contributed by atoms with E-state index in [0.29, 0.717) is 6.04 Å². The van der Waals surface area contributed by atoms with Crippen LogP contribution in [0.5, 0.6) is 0 Å². The van der Waals surface area contributed by atoms with Crippen LogP contribution in [0.4, 0.5) is 0 Å². The summed E-state index contributed by atoms with van der Waals surface area (Å²) in [6.07, 6.45) is 2.53. The highest BCUT2D eigenvalue weighted by Crippen LogP contribution is 1.92. The van der Waals surface area contributed by atoms with Crippen molar-refractivity contribution < 1.29 is 0 Å². The average molecular weight is 144 g/mol. The highest BCUT2D eigenvalue weighted by molar-refractivity contribution is 4.57. The Morgan fingerprint density at radius 1 is 1.30 bits per heavy atom. The van der Waals surface area contributed by atoms with Crippen molar-refractivity contribution in [2.45, 2.75) is 39.7 Å². The van der Waals surface area contributed by atoms with Crippen molar-refractivity contribution in [3.8, 4) is 0 Å². The predicted molar refractivity (Wildman–Crippen MR) is 46.0 cm³/mol. The molecule has 0 fully saturated rings. The summed E-state index contributed by atoms with van der Waals surface area (Å²) in [5, 5.41) is 6.60. The molecule has 0 rings (SSSR count). The maximum absolute atomic E-state index is 3.37. The zero-order chi connectivity index (χ0) is 7.82. The Kier molecular flexibility index (Phi) is 6.98. The molecule has 0 aromatic rings. The van der Waals surface area contributed by atoms with Gasteiger partial charge in [0.15, 0.2) is 0 Å². The first-order valence-electron chi connectivity index (χ1n) is 4.25. The van der Waals surface area contributed by atoms with Gasteiger partial charge in [0.1, 0.15) is 0 Å². The summed E-state index contributed by atoms with van der Waals surface area (Å²) in [7, 11) is 0. The number of hydrogen-bond acceptors (Lipinski definition) is 2. The number of nitrogens with one attached hydrogen (secondary N) is 2. The van der Waals surface area contributed by atoms with Gasteiger partial charge in [-0.1, -0.05) is 20.3 Å². The van der Waals surface area contributed by atoms with Gasteiger partial charge in [0, 0.05) is 12.7 Å². The maximum atomic E-state index is 3.37. The van der Waals surface area contributed by atoms with E-state index >= 15 is 0 Å². The fourth-order valence-corrected chi connectivity index (χ4v) is 0.906. The molecule has 62 valence electrons. The van der Waals surface area contributed by atoms with Crippen LogP contribution in [-0.4, -0.2) is 19.3 Å². The Balaban J connectivity index is 2.97. The fraction of sp³-hybridized carbons (Fsp3) is 1.00. The minimum absolute atomic E-state index is 0.657. The largest absolute Gasteiger partial charge is 0.305 e. The van der Waals surface area contributed by atoms with E-state index in [4.69, 9.17) is 0 Å². The van der Waals surface area contributed by atoms with Crippen LogP contribution in [-0.2, 0) is 0 Å². The van der Waals surface area contributed by atoms with Crippen LogP contribution in [0.15, 0.2) is 0 Å². The minimum Gasteiger partial charge on any atom is -0.305 e. The van der Waals surface area contributed by atoms with Crippen LogP contribution >= 0.6 is 0 Å². The molecule has 0 aliphatic carbocycles. The first-order chi connectivity index (χ1) is 4.81. The quantitative estimate of drug-likeness (QED) is 0.434. The summed E-state index contributed by atoms with van der Waals surface area (Å²) < 4.78 is 0. The molecular weight excluding hydrogens is 124 g/mol. The molecule has 0 spiro atoms. The summed E-state index contributed by atoms with van der Waals surface area (Å²) in [6, 6.07) is 0.657. The molecule has 0 aliphatic heterocycles. The van der Waals surface area contributed by atoms with Gasteiger partial charge in [-0.15, -0.1) is 0 Å². The molecule has 0 aromatic heterocycles. The molecule has 0 saturated heterocycles. The van der Waals surface area contributed by atoms with Gasteiger partial charge in [-0.3, -0.25) is 0 Å². The average Bonchev–Trinajstić information content (AvgIpc) is 1.89. The van der Waals surface area contributed by atoms with Gasteiger partial charge in [-0.2, -0.15) is 0 Å². The molecule has 1 atom stereocenters. The highest BCUT2D eigenvalue weighted by Gasteiger charge is 1.95. The summed E-state index contributed by atoms with van der Waals surface area (Å²) in [6.45, 7) is 8.54. The van der Waals surface area contributed by atoms with Gasteiger partial charge in [-0.05, 0) is 19.9 Å². The smallest absolute Gasteiger partial charge is 0.0456 e. The topological polar surface area (TPSA) is 24.1 Å². The summed E-state index contributed by atoms with van der Waals surface area (Å²) >= 11 is 0. The van der Waals surface area contributed by atoms with Crippen molar-refractivity contribution >= 4 is 0 Å². The molecule has 2 N–H and O–H groups in total. The lowest BCUT2D eigenvalue weighted by atomic mass is 10.2. The molecule has 0 radical (unpaired) electrons. The van der Waals surface area contributed by atoms with Crippen LogP contribution in [0.1, 0.15) is 33.6 Å². The first-order valence-corrected chi connectivity index (χ1v) is 4.25. The van der Waals surface area contributed by atoms with Crippen molar-refractivity contribution in [2.24, 2.45) is 0 Å². The van der Waals surface area contributed by atoms with Gasteiger partial charge in [0.25, 0.3) is 0 Å². The Hall–Kier alpha value is -0.0800. The third-order valence-corrected chi connectivity index (χ3v) is 1.55. The molecule has 0 heterocycles. The lowest BCUT2D eigenvalue weighted by Gasteiger charge is -2.11. The summed E-state index contributed by atoms with van der Waals surface area (Å²) in [4.78, 5) is 0. The molecule has 0 amide bonds. The standard InChI is InChI=1S/C8H20N2/c1-4-6-8(3)10-7-9-5-2/h8-10H,4-7H2,1-3H3/t8-/m1/s1. The predicted octanol–water partition coefficient (Wildman–Crippen LogP) is 1.33. The third-order valence-electron chi connectivity index (χ3n) is 1.55. The fourth-order valence-electron chi connectivity index (χ4n) is 0.906. The first kappa shape index (κ1) is 9.92. The zero-order valence-electron chi connectivity index (χ0n) is 7.41. The summed E-state index contributed by atoms with van der Waals surface area (Å²) in [5.41, 5.74) is 0. The van der Waals surface area contributed by atoms with E-state index in [1.165, 1.54) is 12.8 Å². The van der Waals surface area contributed by atoms with Crippen molar-refractivity contribution in [1.29, 1.82) is 0 Å². The molecule has 0 unspecified atom stereocenters. The number of hydrogen-bond donors (Lipinski definition) is 2. The van der Waals surface area contributed by atoms with E-state index < -0.39 is 0 Å². The SMILES string of the molecule is CCC[C@@H](C)NCNCC. The lowest BCUT2D eigenvalue weighted by molar-refractivity contribution is 0.481. The van der Waals surface area contributed by atoms with Crippen molar-refractivity contribution in [3.05, 3.63) is 0 Å². The number of rotatable bonds is 6. The van der Waals surface area contributed by atoms with Crippen LogP contribution in [0, 0.1) is 0 Å². The Morgan fingerprint density at radius 2 is 2.00 bits per heavy atom. The second-order valence-corrected chi connectivity index (χ2v) is 2.67. The van der Waals surface area contributed by atoms with Gasteiger partial charge in [-0.25, -0.2) is 0 Å². The van der Waals surface area contributed by atoms with E-state index in [1.54, 1.807) is 0 Å². The van der Waals surface area contributed by atoms with Crippen LogP contribution in [0.3, 0.4) is 0 Å². The van der Waals surface area contributed by atoms with Crippen LogP contribution < -0.4 is 10.6 Å². The molecule has 10 heavy (non-hydrogen) atoms. The molecule has 0 bridgehead atoms. The van der Waals surface area contributed by atoms with E-state index in [9.17, 15) is 0 Å². The van der Waals surface area contributed by atoms with Crippen molar-refractivity contribution in [1.82, 2.24) is 10.6 Å².